The molecule has 5 rings (SSSR count). The van der Waals surface area contributed by atoms with Gasteiger partial charge in [-0.15, -0.1) is 0 Å². The van der Waals surface area contributed by atoms with Crippen molar-refractivity contribution < 1.29 is 115 Å². The third-order valence-electron chi connectivity index (χ3n) is 26.9. The summed E-state index contributed by atoms with van der Waals surface area (Å²) in [6.07, 6.45) is 5.45. The first-order chi connectivity index (χ1) is 60.9. The number of carbonyl (C=O) groups excluding carboxylic acids is 18. The molecule has 37 heteroatoms. The number of ketones is 2. The van der Waals surface area contributed by atoms with Gasteiger partial charge >= 0.3 is 24.0 Å². The van der Waals surface area contributed by atoms with Crippen LogP contribution in [0.5, 0.6) is 0 Å². The predicted molar refractivity (Wildman–Crippen MR) is 484 cm³/mol. The van der Waals surface area contributed by atoms with E-state index < -0.39 is 253 Å². The van der Waals surface area contributed by atoms with Gasteiger partial charge in [-0.2, -0.15) is 0 Å². The molecule has 0 aromatic carbocycles. The molecule has 4 aliphatic carbocycles. The third-order valence-corrected chi connectivity index (χ3v) is 26.9. The lowest BCUT2D eigenvalue weighted by Crippen LogP contribution is -2.64. The van der Waals surface area contributed by atoms with Crippen molar-refractivity contribution in [3.8, 4) is 0 Å². The molecule has 1 heterocycles. The Bertz CT molecular complexity index is 4240. The first-order valence-corrected chi connectivity index (χ1v) is 46.1. The van der Waals surface area contributed by atoms with Crippen LogP contribution in [0.3, 0.4) is 0 Å². The van der Waals surface area contributed by atoms with Gasteiger partial charge in [0.2, 0.25) is 83.5 Å². The monoisotopic (exact) mass is 1850 g/mol. The van der Waals surface area contributed by atoms with E-state index in [1.165, 1.54) is 91.0 Å². The molecule has 0 bridgehead atoms. The van der Waals surface area contributed by atoms with E-state index in [1.54, 1.807) is 73.6 Å². The van der Waals surface area contributed by atoms with Gasteiger partial charge in [-0.05, 0) is 157 Å². The first kappa shape index (κ1) is 111. The van der Waals surface area contributed by atoms with Crippen LogP contribution < -0.4 is 26.6 Å². The van der Waals surface area contributed by atoms with Crippen molar-refractivity contribution in [3.05, 3.63) is 36.0 Å². The van der Waals surface area contributed by atoms with Gasteiger partial charge in [0.15, 0.2) is 12.4 Å². The number of alkyl carbamates (subject to hydrolysis) is 1. The molecule has 19 atom stereocenters. The lowest BCUT2D eigenvalue weighted by atomic mass is 9.46. The molecule has 11 unspecified atom stereocenters. The molecule has 13 amide bonds. The predicted octanol–water partition coefficient (Wildman–Crippen LogP) is 4.41. The number of aliphatic hydroxyl groups is 2. The van der Waals surface area contributed by atoms with Gasteiger partial charge in [-0.3, -0.25) is 81.5 Å². The summed E-state index contributed by atoms with van der Waals surface area (Å²) in [5.41, 5.74) is -2.62. The summed E-state index contributed by atoms with van der Waals surface area (Å²) in [7, 11) is 10.6. The van der Waals surface area contributed by atoms with Gasteiger partial charge in [0.1, 0.15) is 85.2 Å². The summed E-state index contributed by atoms with van der Waals surface area (Å²) in [6, 6.07) is -13.8. The highest BCUT2D eigenvalue weighted by atomic mass is 16.7. The largest absolute Gasteiger partial charge is 0.458 e. The van der Waals surface area contributed by atoms with E-state index in [2.05, 4.69) is 26.6 Å². The standard InChI is InChI=1S/C94H151N13O24/c1-28-30-31-57(15)80(131-75(115)48-100(20)71(111)46-95-91(126)130-50-129-74(114)35-34-73(113)128-49-70(110)94(127)39-37-63-62-33-32-60-44-61(108)36-38-92(60,18)76(62)69(109)45-93(63,94)19)79-84(119)98-64(29-2)86(121)101(21)47-72(112)102(22)65(40-51(3)4)83(118)99-77(55(11)12)89(124)103(23)66(41-52(5)6)82(117)96-58(16)81(116)97-59(17)85(120)104(24)67(42-53(7)8)87(122)105(25)68(43-54(9)10)88(123)106(26)78(56(13)14)90(125)107(79)27/h28,30,36,38,44,51-59,62-69,76-80,109,127H,29,31-35,37,39-43,45-50H2,1-27H3,(H,95,126)(H,96,117)(H,97,116)(H,98,119)(H,99,118)/b30-28+/t57-,58?,59+,62?,63?,64?,65+,66?,67+,68?,69+,76?,77?,78?,79?,80?,92+,93+,94+/m1/s1. The Kier molecular flexibility index (Phi) is 41.2. The first-order valence-electron chi connectivity index (χ1n) is 46.1. The molecule has 0 aromatic rings. The van der Waals surface area contributed by atoms with Crippen molar-refractivity contribution >= 4 is 106 Å². The molecular weight excluding hydrogens is 1700 g/mol. The average Bonchev–Trinajstić information content (AvgIpc) is 1.57. The fourth-order valence-electron chi connectivity index (χ4n) is 19.2. The van der Waals surface area contributed by atoms with E-state index in [0.717, 1.165) is 30.1 Å². The van der Waals surface area contributed by atoms with Crippen LogP contribution in [0.25, 0.3) is 0 Å². The number of hydrogen-bond donors (Lipinski definition) is 7. The highest BCUT2D eigenvalue weighted by Crippen LogP contribution is 2.67. The van der Waals surface area contributed by atoms with Crippen molar-refractivity contribution in [3.63, 3.8) is 0 Å². The highest BCUT2D eigenvalue weighted by Gasteiger charge is 2.68. The minimum atomic E-state index is -1.94. The number of amides is 13. The number of nitrogens with zero attached hydrogens (tertiary/aromatic N) is 8. The zero-order valence-corrected chi connectivity index (χ0v) is 82.3. The molecule has 1 saturated heterocycles. The SMILES string of the molecule is C/C=C/C[C@@H](C)C(OC(=O)CN(C)C(=O)CNC(=O)OCOC(=O)CCC(=O)OCC(=O)[C@@]1(O)CCC2C3CCC4=CC(=O)C=C[C@]4(C)C3[C@@H](O)C[C@@]21C)C1C(=O)NC(CC)C(=O)N(C)CC(=O)N(C)[C@@H](CC(C)C)C(=O)NC(C(C)C)C(=O)N(C)C(CC(C)C)C(=O)NC(C)C(=O)N[C@@H](C)C(=O)N(C)[C@@H](CC(C)C)C(=O)N(C)C(CC(C)C)C(=O)N(C)C(C(C)C)C(=O)N1C. The topological polar surface area (TPSA) is 471 Å². The maximum absolute atomic E-state index is 16.0. The van der Waals surface area contributed by atoms with Gasteiger partial charge in [0.25, 0.3) is 0 Å². The minimum absolute atomic E-state index is 0.0200. The number of allylic oxidation sites excluding steroid dienone is 6. The minimum Gasteiger partial charge on any atom is -0.458 e. The van der Waals surface area contributed by atoms with Crippen molar-refractivity contribution in [2.24, 2.45) is 70.0 Å². The van der Waals surface area contributed by atoms with Crippen LogP contribution in [-0.2, 0) is 100 Å². The average molecular weight is 1850 g/mol. The summed E-state index contributed by atoms with van der Waals surface area (Å²) in [6.45, 7) is 28.5. The number of esters is 3. The summed E-state index contributed by atoms with van der Waals surface area (Å²) >= 11 is 0. The van der Waals surface area contributed by atoms with E-state index in [0.29, 0.717) is 19.3 Å². The van der Waals surface area contributed by atoms with Gasteiger partial charge in [-0.1, -0.05) is 135 Å². The van der Waals surface area contributed by atoms with Crippen molar-refractivity contribution in [1.29, 1.82) is 0 Å². The number of ether oxygens (including phenoxy) is 4. The smallest absolute Gasteiger partial charge is 0.410 e. The molecular formula is C94H151N13O24. The Hall–Kier alpha value is -10.2. The maximum atomic E-state index is 16.0. The molecule has 131 heavy (non-hydrogen) atoms. The second-order valence-corrected chi connectivity index (χ2v) is 39.4. The summed E-state index contributed by atoms with van der Waals surface area (Å²) in [5, 5.41) is 37.0. The molecule has 3 saturated carbocycles. The van der Waals surface area contributed by atoms with Crippen LogP contribution in [0.15, 0.2) is 36.0 Å². The zero-order valence-electron chi connectivity index (χ0n) is 82.3. The Balaban J connectivity index is 1.43. The normalized spacial score (nSPS) is 29.0. The van der Waals surface area contributed by atoms with Crippen LogP contribution in [0.4, 0.5) is 4.79 Å². The summed E-state index contributed by atoms with van der Waals surface area (Å²) < 4.78 is 21.4. The number of Topliss-reactive ketones (excluding diaryl/α,β-unsaturated/α-hetero) is 1. The molecule has 736 valence electrons. The third kappa shape index (κ3) is 28.0. The van der Waals surface area contributed by atoms with Crippen LogP contribution in [0.2, 0.25) is 0 Å². The fourth-order valence-corrected chi connectivity index (χ4v) is 19.2. The van der Waals surface area contributed by atoms with E-state index in [9.17, 15) is 77.3 Å². The summed E-state index contributed by atoms with van der Waals surface area (Å²) in [4.78, 5) is 267. The Morgan fingerprint density at radius 2 is 1.11 bits per heavy atom. The fraction of sp³-hybridized carbons (Fsp3) is 0.745. The van der Waals surface area contributed by atoms with Gasteiger partial charge in [-0.25, -0.2) is 4.79 Å². The summed E-state index contributed by atoms with van der Waals surface area (Å²) in [5.74, 6) is -17.3. The number of nitrogens with one attached hydrogen (secondary N) is 5. The van der Waals surface area contributed by atoms with Crippen LogP contribution >= 0.6 is 0 Å². The number of hydrogen-bond acceptors (Lipinski definition) is 24. The van der Waals surface area contributed by atoms with E-state index >= 15 is 19.2 Å². The number of likely N-dealkylation sites (N-methyl/N-ethyl adjacent to an activating group) is 8. The van der Waals surface area contributed by atoms with Crippen LogP contribution in [-0.4, -0.2) is 324 Å². The maximum Gasteiger partial charge on any atom is 0.410 e. The number of fused-ring (bicyclic) bond motifs is 5. The van der Waals surface area contributed by atoms with E-state index in [4.69, 9.17) is 18.9 Å². The Labute approximate surface area is 772 Å². The Morgan fingerprint density at radius 3 is 1.66 bits per heavy atom. The molecule has 1 aliphatic heterocycles. The van der Waals surface area contributed by atoms with Gasteiger partial charge in [0, 0.05) is 73.1 Å². The van der Waals surface area contributed by atoms with E-state index in [1.807, 2.05) is 68.4 Å². The lowest BCUT2D eigenvalue weighted by Gasteiger charge is -2.59. The van der Waals surface area contributed by atoms with Crippen molar-refractivity contribution in [1.82, 2.24) is 65.8 Å². The van der Waals surface area contributed by atoms with E-state index in [-0.39, 0.29) is 98.6 Å². The Morgan fingerprint density at radius 1 is 0.595 bits per heavy atom. The van der Waals surface area contributed by atoms with Gasteiger partial charge < -0.3 is 94.9 Å². The molecule has 5 aliphatic rings. The highest BCUT2D eigenvalue weighted by molar-refractivity contribution is 6.02. The second-order valence-electron chi connectivity index (χ2n) is 39.4. The molecule has 0 spiro atoms. The lowest BCUT2D eigenvalue weighted by molar-refractivity contribution is -0.181. The number of aliphatic hydroxyl groups excluding tert-OH is 1. The molecule has 37 nitrogen and oxygen atoms in total. The van der Waals surface area contributed by atoms with Crippen molar-refractivity contribution in [2.45, 2.75) is 293 Å². The second kappa shape index (κ2) is 48.5. The van der Waals surface area contributed by atoms with Gasteiger partial charge in [0.05, 0.1) is 25.5 Å². The molecule has 0 aromatic heterocycles. The molecule has 0 radical (unpaired) electrons. The van der Waals surface area contributed by atoms with Crippen molar-refractivity contribution in [2.75, 3.05) is 89.4 Å². The molecule has 7 N–H and O–H groups in total. The zero-order chi connectivity index (χ0) is 99.4. The molecule has 4 fully saturated rings. The number of rotatable bonds is 28. The number of carbonyl (C=O) groups is 18. The van der Waals surface area contributed by atoms with Crippen LogP contribution in [0, 0.1) is 70.0 Å². The quantitative estimate of drug-likeness (QED) is 0.0247. The van der Waals surface area contributed by atoms with Crippen LogP contribution in [0.1, 0.15) is 215 Å².